The SMILES string of the molecule is CCc1cccc2c1n(CCCOC)c(=N)n2CC(=O)c1ccccc1. The Hall–Kier alpha value is -2.66. The highest BCUT2D eigenvalue weighted by Crippen LogP contribution is 2.20. The highest BCUT2D eigenvalue weighted by atomic mass is 16.5. The molecule has 1 N–H and O–H groups in total. The second kappa shape index (κ2) is 8.15. The van der Waals surface area contributed by atoms with Gasteiger partial charge in [0.25, 0.3) is 0 Å². The number of fused-ring (bicyclic) bond motifs is 1. The molecule has 0 bridgehead atoms. The number of Topliss-reactive ketones (excluding diaryl/α,β-unsaturated/α-hetero) is 1. The number of aryl methyl sites for hydroxylation is 2. The Morgan fingerprint density at radius 2 is 1.85 bits per heavy atom. The van der Waals surface area contributed by atoms with Crippen LogP contribution in [0.1, 0.15) is 29.3 Å². The lowest BCUT2D eigenvalue weighted by atomic mass is 10.1. The summed E-state index contributed by atoms with van der Waals surface area (Å²) in [6.45, 7) is 3.64. The van der Waals surface area contributed by atoms with Gasteiger partial charge >= 0.3 is 0 Å². The second-order valence-electron chi connectivity index (χ2n) is 6.34. The van der Waals surface area contributed by atoms with E-state index >= 15 is 0 Å². The van der Waals surface area contributed by atoms with E-state index in [0.717, 1.165) is 23.9 Å². The first kappa shape index (κ1) is 18.1. The first-order valence-corrected chi connectivity index (χ1v) is 9.00. The van der Waals surface area contributed by atoms with Gasteiger partial charge < -0.3 is 13.9 Å². The molecule has 0 aliphatic heterocycles. The van der Waals surface area contributed by atoms with Crippen molar-refractivity contribution >= 4 is 16.8 Å². The first-order chi connectivity index (χ1) is 12.7. The monoisotopic (exact) mass is 351 g/mol. The predicted molar refractivity (Wildman–Crippen MR) is 102 cm³/mol. The van der Waals surface area contributed by atoms with Crippen LogP contribution >= 0.6 is 0 Å². The molecule has 136 valence electrons. The Balaban J connectivity index is 2.06. The van der Waals surface area contributed by atoms with Crippen molar-refractivity contribution < 1.29 is 9.53 Å². The largest absolute Gasteiger partial charge is 0.385 e. The van der Waals surface area contributed by atoms with Gasteiger partial charge in [0.2, 0.25) is 5.62 Å². The van der Waals surface area contributed by atoms with Crippen molar-refractivity contribution in [1.29, 1.82) is 5.41 Å². The number of methoxy groups -OCH3 is 1. The molecule has 0 aliphatic carbocycles. The van der Waals surface area contributed by atoms with Gasteiger partial charge in [-0.05, 0) is 24.5 Å². The van der Waals surface area contributed by atoms with Gasteiger partial charge in [-0.3, -0.25) is 10.2 Å². The number of carbonyl (C=O) groups excluding carboxylic acids is 1. The lowest BCUT2D eigenvalue weighted by molar-refractivity contribution is 0.0971. The van der Waals surface area contributed by atoms with E-state index < -0.39 is 0 Å². The van der Waals surface area contributed by atoms with Crippen LogP contribution in [-0.2, 0) is 24.2 Å². The third-order valence-electron chi connectivity index (χ3n) is 4.68. The average Bonchev–Trinajstić information content (AvgIpc) is 2.94. The number of ether oxygens (including phenoxy) is 1. The van der Waals surface area contributed by atoms with Gasteiger partial charge in [0.1, 0.15) is 0 Å². The van der Waals surface area contributed by atoms with E-state index in [-0.39, 0.29) is 12.3 Å². The zero-order valence-corrected chi connectivity index (χ0v) is 15.4. The summed E-state index contributed by atoms with van der Waals surface area (Å²) in [5.74, 6) is 0.0157. The van der Waals surface area contributed by atoms with E-state index in [9.17, 15) is 4.79 Å². The van der Waals surface area contributed by atoms with Crippen molar-refractivity contribution in [2.45, 2.75) is 32.9 Å². The molecule has 1 aromatic heterocycles. The van der Waals surface area contributed by atoms with Crippen LogP contribution in [0.5, 0.6) is 0 Å². The van der Waals surface area contributed by atoms with Crippen LogP contribution in [0.2, 0.25) is 0 Å². The van der Waals surface area contributed by atoms with Crippen LogP contribution in [-0.4, -0.2) is 28.6 Å². The molecule has 0 spiro atoms. The van der Waals surface area contributed by atoms with Crippen molar-refractivity contribution in [1.82, 2.24) is 9.13 Å². The van der Waals surface area contributed by atoms with Gasteiger partial charge in [0.15, 0.2) is 5.78 Å². The van der Waals surface area contributed by atoms with Gasteiger partial charge in [-0.25, -0.2) is 0 Å². The second-order valence-corrected chi connectivity index (χ2v) is 6.34. The van der Waals surface area contributed by atoms with E-state index in [1.165, 1.54) is 5.56 Å². The number of nitrogens with one attached hydrogen (secondary N) is 1. The van der Waals surface area contributed by atoms with Crippen molar-refractivity contribution in [3.05, 3.63) is 65.3 Å². The van der Waals surface area contributed by atoms with Crippen LogP contribution in [0.25, 0.3) is 11.0 Å². The predicted octanol–water partition coefficient (Wildman–Crippen LogP) is 3.40. The van der Waals surface area contributed by atoms with Gasteiger partial charge in [-0.1, -0.05) is 49.4 Å². The molecule has 0 atom stereocenters. The number of benzene rings is 2. The molecule has 0 fully saturated rings. The summed E-state index contributed by atoms with van der Waals surface area (Å²) in [5, 5.41) is 8.67. The summed E-state index contributed by atoms with van der Waals surface area (Å²) in [5.41, 5.74) is 4.22. The van der Waals surface area contributed by atoms with E-state index in [2.05, 4.69) is 13.0 Å². The van der Waals surface area contributed by atoms with Crippen LogP contribution in [0, 0.1) is 5.41 Å². The standard InChI is InChI=1S/C21H25N3O2/c1-3-16-11-7-12-18-20(16)23(13-8-14-26-2)21(22)24(18)15-19(25)17-9-5-4-6-10-17/h4-7,9-12,22H,3,8,13-15H2,1-2H3. The highest BCUT2D eigenvalue weighted by molar-refractivity contribution is 5.96. The molecule has 3 rings (SSSR count). The average molecular weight is 351 g/mol. The Morgan fingerprint density at radius 3 is 2.54 bits per heavy atom. The van der Waals surface area contributed by atoms with Crippen molar-refractivity contribution in [3.63, 3.8) is 0 Å². The number of rotatable bonds is 8. The Labute approximate surface area is 153 Å². The van der Waals surface area contributed by atoms with Crippen molar-refractivity contribution in [2.24, 2.45) is 0 Å². The summed E-state index contributed by atoms with van der Waals surface area (Å²) in [7, 11) is 1.69. The molecule has 0 saturated heterocycles. The molecule has 0 radical (unpaired) electrons. The maximum absolute atomic E-state index is 12.7. The van der Waals surface area contributed by atoms with Crippen LogP contribution in [0.4, 0.5) is 0 Å². The number of ketones is 1. The third kappa shape index (κ3) is 3.48. The number of aromatic nitrogens is 2. The number of carbonyl (C=O) groups is 1. The summed E-state index contributed by atoms with van der Waals surface area (Å²) < 4.78 is 8.99. The molecule has 0 amide bonds. The topological polar surface area (TPSA) is 60.0 Å². The molecule has 0 unspecified atom stereocenters. The Bertz CT molecular complexity index is 955. The summed E-state index contributed by atoms with van der Waals surface area (Å²) >= 11 is 0. The van der Waals surface area contributed by atoms with Gasteiger partial charge in [-0.15, -0.1) is 0 Å². The fourth-order valence-corrected chi connectivity index (χ4v) is 3.36. The minimum Gasteiger partial charge on any atom is -0.385 e. The quantitative estimate of drug-likeness (QED) is 0.499. The molecular formula is C21H25N3O2. The highest BCUT2D eigenvalue weighted by Gasteiger charge is 2.16. The smallest absolute Gasteiger partial charge is 0.203 e. The van der Waals surface area contributed by atoms with Crippen LogP contribution in [0.3, 0.4) is 0 Å². The maximum Gasteiger partial charge on any atom is 0.203 e. The van der Waals surface area contributed by atoms with Crippen LogP contribution in [0.15, 0.2) is 48.5 Å². The number of imidazole rings is 1. The molecule has 5 heteroatoms. The van der Waals surface area contributed by atoms with E-state index in [0.29, 0.717) is 24.3 Å². The normalized spacial score (nSPS) is 11.2. The summed E-state index contributed by atoms with van der Waals surface area (Å²) in [6, 6.07) is 15.4. The Kier molecular flexibility index (Phi) is 5.68. The lowest BCUT2D eigenvalue weighted by Crippen LogP contribution is -2.27. The minimum absolute atomic E-state index is 0.0157. The minimum atomic E-state index is 0.0157. The maximum atomic E-state index is 12.7. The number of hydrogen-bond acceptors (Lipinski definition) is 3. The molecule has 0 saturated carbocycles. The van der Waals surface area contributed by atoms with Gasteiger partial charge in [-0.2, -0.15) is 0 Å². The fourth-order valence-electron chi connectivity index (χ4n) is 3.36. The Morgan fingerprint density at radius 1 is 1.08 bits per heavy atom. The van der Waals surface area contributed by atoms with E-state index in [1.54, 1.807) is 7.11 Å². The summed E-state index contributed by atoms with van der Waals surface area (Å²) in [6.07, 6.45) is 1.72. The van der Waals surface area contributed by atoms with Gasteiger partial charge in [0.05, 0.1) is 17.6 Å². The summed E-state index contributed by atoms with van der Waals surface area (Å²) in [4.78, 5) is 12.7. The fraction of sp³-hybridized carbons (Fsp3) is 0.333. The first-order valence-electron chi connectivity index (χ1n) is 9.00. The molecule has 2 aromatic carbocycles. The van der Waals surface area contributed by atoms with E-state index in [4.69, 9.17) is 10.1 Å². The molecule has 1 heterocycles. The molecule has 0 aliphatic rings. The number of nitrogens with zero attached hydrogens (tertiary/aromatic N) is 2. The number of hydrogen-bond donors (Lipinski definition) is 1. The molecular weight excluding hydrogens is 326 g/mol. The van der Waals surface area contributed by atoms with Crippen molar-refractivity contribution in [2.75, 3.05) is 13.7 Å². The van der Waals surface area contributed by atoms with Crippen LogP contribution < -0.4 is 5.62 Å². The molecule has 26 heavy (non-hydrogen) atoms. The third-order valence-corrected chi connectivity index (χ3v) is 4.68. The zero-order valence-electron chi connectivity index (χ0n) is 15.4. The molecule has 5 nitrogen and oxygen atoms in total. The lowest BCUT2D eigenvalue weighted by Gasteiger charge is -2.07. The van der Waals surface area contributed by atoms with Gasteiger partial charge in [0, 0.05) is 25.8 Å². The zero-order chi connectivity index (χ0) is 18.5. The number of para-hydroxylation sites is 1. The molecule has 3 aromatic rings. The van der Waals surface area contributed by atoms with E-state index in [1.807, 2.05) is 51.6 Å². The van der Waals surface area contributed by atoms with Crippen molar-refractivity contribution in [3.8, 4) is 0 Å².